The Labute approximate surface area is 145 Å². The van der Waals surface area contributed by atoms with E-state index in [1.807, 2.05) is 6.92 Å². The van der Waals surface area contributed by atoms with E-state index < -0.39 is 0 Å². The molecule has 0 aliphatic carbocycles. The smallest absolute Gasteiger partial charge is 0.293 e. The van der Waals surface area contributed by atoms with Crippen LogP contribution in [0.15, 0.2) is 0 Å². The maximum Gasteiger partial charge on any atom is 0.293 e. The fourth-order valence-corrected chi connectivity index (χ4v) is 3.14. The number of carbonyl (C=O) groups is 1. The van der Waals surface area contributed by atoms with Crippen LogP contribution in [0.5, 0.6) is 0 Å². The third kappa shape index (κ3) is 19.4. The van der Waals surface area contributed by atoms with Gasteiger partial charge in [0.1, 0.15) is 0 Å². The van der Waals surface area contributed by atoms with E-state index in [9.17, 15) is 4.79 Å². The molecule has 0 amide bonds. The van der Waals surface area contributed by atoms with Gasteiger partial charge in [0.2, 0.25) is 0 Å². The van der Waals surface area contributed by atoms with E-state index in [-0.39, 0.29) is 6.10 Å². The van der Waals surface area contributed by atoms with Crippen LogP contribution in [0.3, 0.4) is 0 Å². The first-order chi connectivity index (χ1) is 11.3. The van der Waals surface area contributed by atoms with Gasteiger partial charge in [-0.05, 0) is 19.8 Å². The Morgan fingerprint density at radius 2 is 1.00 bits per heavy atom. The van der Waals surface area contributed by atoms with Crippen molar-refractivity contribution in [3.8, 4) is 0 Å². The van der Waals surface area contributed by atoms with Gasteiger partial charge in [0.25, 0.3) is 6.47 Å². The van der Waals surface area contributed by atoms with Gasteiger partial charge in [-0.1, -0.05) is 103 Å². The van der Waals surface area contributed by atoms with Gasteiger partial charge in [0.05, 0.1) is 6.10 Å². The van der Waals surface area contributed by atoms with Crippen LogP contribution in [0.25, 0.3) is 0 Å². The van der Waals surface area contributed by atoms with Crippen LogP contribution in [0.4, 0.5) is 0 Å². The Morgan fingerprint density at radius 3 is 1.35 bits per heavy atom. The maximum absolute atomic E-state index is 10.2. The lowest BCUT2D eigenvalue weighted by Crippen LogP contribution is -2.05. The van der Waals surface area contributed by atoms with E-state index in [1.54, 1.807) is 0 Å². The predicted molar refractivity (Wildman–Crippen MR) is 101 cm³/mol. The Kier molecular flexibility index (Phi) is 19.1. The van der Waals surface area contributed by atoms with Gasteiger partial charge in [0.15, 0.2) is 0 Å². The molecule has 1 atom stereocenters. The molecule has 0 aromatic carbocycles. The topological polar surface area (TPSA) is 26.3 Å². The fourth-order valence-electron chi connectivity index (χ4n) is 3.14. The largest absolute Gasteiger partial charge is 0.465 e. The Morgan fingerprint density at radius 1 is 0.652 bits per heavy atom. The molecule has 0 spiro atoms. The zero-order valence-electron chi connectivity index (χ0n) is 16.0. The molecule has 0 aromatic rings. The molecule has 138 valence electrons. The zero-order valence-corrected chi connectivity index (χ0v) is 16.0. The number of hydrogen-bond donors (Lipinski definition) is 0. The molecule has 0 aromatic heterocycles. The van der Waals surface area contributed by atoms with E-state index >= 15 is 0 Å². The van der Waals surface area contributed by atoms with Gasteiger partial charge in [-0.3, -0.25) is 4.79 Å². The number of ether oxygens (including phenoxy) is 1. The van der Waals surface area contributed by atoms with E-state index in [0.717, 1.165) is 6.42 Å². The first-order valence-electron chi connectivity index (χ1n) is 10.4. The standard InChI is InChI=1S/C21H42O2/c1-3-4-5-6-7-8-9-10-11-12-13-14-15-16-17-18-19-21(2)23-20-22/h20-21H,3-19H2,1-2H3. The molecule has 0 heterocycles. The third-order valence-electron chi connectivity index (χ3n) is 4.75. The summed E-state index contributed by atoms with van der Waals surface area (Å²) in [6.07, 6.45) is 23.5. The van der Waals surface area contributed by atoms with Crippen molar-refractivity contribution < 1.29 is 9.53 Å². The minimum absolute atomic E-state index is 0.0964. The molecule has 0 aliphatic heterocycles. The van der Waals surface area contributed by atoms with Crippen LogP contribution in [0, 0.1) is 0 Å². The Balaban J connectivity index is 3.01. The first-order valence-corrected chi connectivity index (χ1v) is 10.4. The van der Waals surface area contributed by atoms with Crippen LogP contribution in [-0.4, -0.2) is 12.6 Å². The van der Waals surface area contributed by atoms with Crippen LogP contribution < -0.4 is 0 Å². The fraction of sp³-hybridized carbons (Fsp3) is 0.952. The molecule has 0 fully saturated rings. The van der Waals surface area contributed by atoms with Crippen molar-refractivity contribution in [3.63, 3.8) is 0 Å². The highest BCUT2D eigenvalue weighted by molar-refractivity contribution is 5.37. The highest BCUT2D eigenvalue weighted by Crippen LogP contribution is 2.14. The lowest BCUT2D eigenvalue weighted by atomic mass is 10.0. The molecule has 0 radical (unpaired) electrons. The van der Waals surface area contributed by atoms with E-state index in [1.165, 1.54) is 103 Å². The summed E-state index contributed by atoms with van der Waals surface area (Å²) < 4.78 is 4.89. The SMILES string of the molecule is CCCCCCCCCCCCCCCCCCC(C)OC=O. The van der Waals surface area contributed by atoms with E-state index in [4.69, 9.17) is 4.74 Å². The Bertz CT molecular complexity index is 228. The first kappa shape index (κ1) is 22.5. The van der Waals surface area contributed by atoms with Crippen LogP contribution >= 0.6 is 0 Å². The van der Waals surface area contributed by atoms with Gasteiger partial charge < -0.3 is 4.74 Å². The third-order valence-corrected chi connectivity index (χ3v) is 4.75. The van der Waals surface area contributed by atoms with Crippen molar-refractivity contribution in [2.75, 3.05) is 0 Å². The molecule has 0 bridgehead atoms. The molecular formula is C21H42O2. The summed E-state index contributed by atoms with van der Waals surface area (Å²) in [6, 6.07) is 0. The second-order valence-corrected chi connectivity index (χ2v) is 7.13. The average molecular weight is 327 g/mol. The molecular weight excluding hydrogens is 284 g/mol. The van der Waals surface area contributed by atoms with Crippen molar-refractivity contribution in [2.24, 2.45) is 0 Å². The summed E-state index contributed by atoms with van der Waals surface area (Å²) in [6.45, 7) is 4.82. The summed E-state index contributed by atoms with van der Waals surface area (Å²) >= 11 is 0. The van der Waals surface area contributed by atoms with Crippen molar-refractivity contribution in [1.82, 2.24) is 0 Å². The highest BCUT2D eigenvalue weighted by atomic mass is 16.5. The number of carbonyl (C=O) groups excluding carboxylic acids is 1. The lowest BCUT2D eigenvalue weighted by Gasteiger charge is -2.08. The second-order valence-electron chi connectivity index (χ2n) is 7.13. The molecule has 2 nitrogen and oxygen atoms in total. The monoisotopic (exact) mass is 326 g/mol. The van der Waals surface area contributed by atoms with Gasteiger partial charge >= 0.3 is 0 Å². The zero-order chi connectivity index (χ0) is 17.0. The van der Waals surface area contributed by atoms with Crippen LogP contribution in [0.1, 0.15) is 123 Å². The minimum Gasteiger partial charge on any atom is -0.465 e. The van der Waals surface area contributed by atoms with Gasteiger partial charge in [-0.15, -0.1) is 0 Å². The summed E-state index contributed by atoms with van der Waals surface area (Å²) in [5, 5.41) is 0. The maximum atomic E-state index is 10.2. The quantitative estimate of drug-likeness (QED) is 0.185. The summed E-state index contributed by atoms with van der Waals surface area (Å²) in [4.78, 5) is 10.2. The molecule has 2 heteroatoms. The molecule has 1 unspecified atom stereocenters. The number of hydrogen-bond acceptors (Lipinski definition) is 2. The van der Waals surface area contributed by atoms with Crippen molar-refractivity contribution in [2.45, 2.75) is 129 Å². The van der Waals surface area contributed by atoms with Gasteiger partial charge in [-0.25, -0.2) is 0 Å². The molecule has 0 saturated heterocycles. The predicted octanol–water partition coefficient (Wildman–Crippen LogP) is 7.20. The lowest BCUT2D eigenvalue weighted by molar-refractivity contribution is -0.133. The summed E-state index contributed by atoms with van der Waals surface area (Å²) in [5.41, 5.74) is 0. The minimum atomic E-state index is 0.0964. The molecule has 0 saturated carbocycles. The van der Waals surface area contributed by atoms with Crippen LogP contribution in [-0.2, 0) is 9.53 Å². The van der Waals surface area contributed by atoms with Gasteiger partial charge in [-0.2, -0.15) is 0 Å². The van der Waals surface area contributed by atoms with Crippen molar-refractivity contribution in [1.29, 1.82) is 0 Å². The van der Waals surface area contributed by atoms with E-state index in [0.29, 0.717) is 6.47 Å². The van der Waals surface area contributed by atoms with E-state index in [2.05, 4.69) is 6.92 Å². The number of rotatable bonds is 19. The average Bonchev–Trinajstić information content (AvgIpc) is 2.54. The summed E-state index contributed by atoms with van der Waals surface area (Å²) in [7, 11) is 0. The highest BCUT2D eigenvalue weighted by Gasteiger charge is 2.00. The molecule has 0 rings (SSSR count). The number of unbranched alkanes of at least 4 members (excludes halogenated alkanes) is 15. The summed E-state index contributed by atoms with van der Waals surface area (Å²) in [5.74, 6) is 0. The van der Waals surface area contributed by atoms with Gasteiger partial charge in [0, 0.05) is 0 Å². The molecule has 0 N–H and O–H groups in total. The van der Waals surface area contributed by atoms with Crippen LogP contribution in [0.2, 0.25) is 0 Å². The normalized spacial score (nSPS) is 12.3. The van der Waals surface area contributed by atoms with Crippen molar-refractivity contribution >= 4 is 6.47 Å². The Hall–Kier alpha value is -0.530. The molecule has 23 heavy (non-hydrogen) atoms. The second kappa shape index (κ2) is 19.5. The molecule has 0 aliphatic rings. The van der Waals surface area contributed by atoms with Crippen molar-refractivity contribution in [3.05, 3.63) is 0 Å².